The molecule has 2 heterocycles. The molecule has 0 aromatic carbocycles. The van der Waals surface area contributed by atoms with Gasteiger partial charge in [0.25, 0.3) is 6.47 Å². The molecule has 0 radical (unpaired) electrons. The van der Waals surface area contributed by atoms with E-state index in [2.05, 4.69) is 10.3 Å². The summed E-state index contributed by atoms with van der Waals surface area (Å²) in [5.74, 6) is -0.102. The van der Waals surface area contributed by atoms with Gasteiger partial charge in [-0.25, -0.2) is 0 Å². The largest absolute Gasteiger partial charge is 0.483 e. The molecule has 0 unspecified atom stereocenters. The molecule has 1 aromatic rings. The summed E-state index contributed by atoms with van der Waals surface area (Å²) < 4.78 is 5.08. The number of hydrogen-bond donors (Lipinski definition) is 3. The quantitative estimate of drug-likeness (QED) is 0.668. The van der Waals surface area contributed by atoms with Gasteiger partial charge in [0.05, 0.1) is 31.8 Å². The van der Waals surface area contributed by atoms with Gasteiger partial charge in [0.2, 0.25) is 5.91 Å². The van der Waals surface area contributed by atoms with Crippen LogP contribution in [-0.4, -0.2) is 52.9 Å². The highest BCUT2D eigenvalue weighted by molar-refractivity contribution is 5.79. The Bertz CT molecular complexity index is 472. The van der Waals surface area contributed by atoms with E-state index >= 15 is 0 Å². The number of amides is 1. The fourth-order valence-corrected chi connectivity index (χ4v) is 2.15. The average molecular weight is 296 g/mol. The van der Waals surface area contributed by atoms with Crippen molar-refractivity contribution in [3.63, 3.8) is 0 Å². The van der Waals surface area contributed by atoms with E-state index in [1.54, 1.807) is 0 Å². The third-order valence-corrected chi connectivity index (χ3v) is 2.90. The minimum Gasteiger partial charge on any atom is -0.483 e. The second-order valence-corrected chi connectivity index (χ2v) is 4.82. The summed E-state index contributed by atoms with van der Waals surface area (Å²) in [5.41, 5.74) is 2.75. The summed E-state index contributed by atoms with van der Waals surface area (Å²) in [6, 6.07) is 3.50. The lowest BCUT2D eigenvalue weighted by Gasteiger charge is -2.14. The zero-order chi connectivity index (χ0) is 15.8. The predicted octanol–water partition coefficient (Wildman–Crippen LogP) is -0.182. The third-order valence-electron chi connectivity index (χ3n) is 2.90. The molecular weight excluding hydrogens is 276 g/mol. The van der Waals surface area contributed by atoms with Crippen LogP contribution in [0.25, 0.3) is 0 Å². The smallest absolute Gasteiger partial charge is 0.290 e. The van der Waals surface area contributed by atoms with E-state index in [1.165, 1.54) is 0 Å². The number of nitrogens with zero attached hydrogens (tertiary/aromatic N) is 1. The fourth-order valence-electron chi connectivity index (χ4n) is 2.15. The maximum atomic E-state index is 11.8. The molecule has 1 fully saturated rings. The van der Waals surface area contributed by atoms with Crippen molar-refractivity contribution in [2.75, 3.05) is 13.2 Å². The summed E-state index contributed by atoms with van der Waals surface area (Å²) >= 11 is 0. The number of rotatable bonds is 3. The molecule has 1 aliphatic heterocycles. The van der Waals surface area contributed by atoms with Gasteiger partial charge in [0, 0.05) is 11.4 Å². The molecule has 7 nitrogen and oxygen atoms in total. The van der Waals surface area contributed by atoms with Crippen molar-refractivity contribution >= 4 is 12.4 Å². The molecule has 1 aromatic heterocycles. The summed E-state index contributed by atoms with van der Waals surface area (Å²) in [6.07, 6.45) is -0.303. The lowest BCUT2D eigenvalue weighted by Crippen LogP contribution is -2.43. The lowest BCUT2D eigenvalue weighted by molar-refractivity contribution is -0.123. The Labute approximate surface area is 123 Å². The summed E-state index contributed by atoms with van der Waals surface area (Å²) in [5, 5.41) is 19.2. The molecule has 2 atom stereocenters. The summed E-state index contributed by atoms with van der Waals surface area (Å²) in [7, 11) is 0. The standard InChI is InChI=1S/C13H18N2O3.CH2O2/c1-8-3-10(4-9(2)14-8)5-13(17)15-11-6-18-7-12(11)16;2-1-3/h3-4,11-12,16H,5-7H2,1-2H3,(H,15,17);1H,(H,2,3)/t11-,12+;/m0./s1. The number of carbonyl (C=O) groups is 2. The van der Waals surface area contributed by atoms with Gasteiger partial charge in [-0.15, -0.1) is 0 Å². The van der Waals surface area contributed by atoms with Crippen molar-refractivity contribution in [1.29, 1.82) is 0 Å². The summed E-state index contributed by atoms with van der Waals surface area (Å²) in [4.78, 5) is 24.5. The molecule has 0 aliphatic carbocycles. The molecule has 21 heavy (non-hydrogen) atoms. The Balaban J connectivity index is 0.000000677. The highest BCUT2D eigenvalue weighted by atomic mass is 16.5. The van der Waals surface area contributed by atoms with E-state index in [9.17, 15) is 9.90 Å². The predicted molar refractivity (Wildman–Crippen MR) is 74.9 cm³/mol. The number of nitrogens with one attached hydrogen (secondary N) is 1. The van der Waals surface area contributed by atoms with Crippen molar-refractivity contribution in [1.82, 2.24) is 10.3 Å². The number of ether oxygens (including phenoxy) is 1. The first kappa shape index (κ1) is 17.1. The SMILES string of the molecule is Cc1cc(CC(=O)N[C@H]2COC[C@H]2O)cc(C)n1.O=CO. The zero-order valence-corrected chi connectivity index (χ0v) is 12.1. The topological polar surface area (TPSA) is 109 Å². The molecule has 1 amide bonds. The molecule has 3 N–H and O–H groups in total. The molecule has 2 rings (SSSR count). The van der Waals surface area contributed by atoms with E-state index in [0.29, 0.717) is 19.6 Å². The minimum atomic E-state index is -0.602. The van der Waals surface area contributed by atoms with E-state index in [-0.39, 0.29) is 18.4 Å². The minimum absolute atomic E-state index is 0.102. The zero-order valence-electron chi connectivity index (χ0n) is 12.1. The van der Waals surface area contributed by atoms with Gasteiger partial charge < -0.3 is 20.3 Å². The Kier molecular flexibility index (Phi) is 6.77. The van der Waals surface area contributed by atoms with E-state index in [0.717, 1.165) is 17.0 Å². The van der Waals surface area contributed by atoms with Gasteiger partial charge in [-0.05, 0) is 31.5 Å². The van der Waals surface area contributed by atoms with E-state index in [4.69, 9.17) is 14.6 Å². The monoisotopic (exact) mass is 296 g/mol. The maximum absolute atomic E-state index is 11.8. The second-order valence-electron chi connectivity index (χ2n) is 4.82. The van der Waals surface area contributed by atoms with Crippen LogP contribution >= 0.6 is 0 Å². The van der Waals surface area contributed by atoms with Crippen molar-refractivity contribution in [2.45, 2.75) is 32.4 Å². The van der Waals surface area contributed by atoms with Crippen LogP contribution < -0.4 is 5.32 Å². The van der Waals surface area contributed by atoms with Crippen LogP contribution in [0.1, 0.15) is 17.0 Å². The number of aryl methyl sites for hydroxylation is 2. The highest BCUT2D eigenvalue weighted by Crippen LogP contribution is 2.08. The molecule has 0 saturated carbocycles. The Hall–Kier alpha value is -1.99. The normalized spacial score (nSPS) is 20.3. The molecule has 116 valence electrons. The van der Waals surface area contributed by atoms with Crippen LogP contribution in [-0.2, 0) is 20.7 Å². The van der Waals surface area contributed by atoms with Crippen LogP contribution in [0.2, 0.25) is 0 Å². The van der Waals surface area contributed by atoms with Crippen LogP contribution in [0.4, 0.5) is 0 Å². The van der Waals surface area contributed by atoms with Crippen molar-refractivity contribution in [3.8, 4) is 0 Å². The molecule has 1 aliphatic rings. The van der Waals surface area contributed by atoms with Gasteiger partial charge in [-0.1, -0.05) is 0 Å². The van der Waals surface area contributed by atoms with Gasteiger partial charge >= 0.3 is 0 Å². The molecule has 0 spiro atoms. The molecule has 7 heteroatoms. The third kappa shape index (κ3) is 5.88. The first-order valence-electron chi connectivity index (χ1n) is 6.53. The first-order valence-corrected chi connectivity index (χ1v) is 6.53. The van der Waals surface area contributed by atoms with Gasteiger partial charge in [-0.3, -0.25) is 14.6 Å². The number of aliphatic hydroxyl groups excluding tert-OH is 1. The van der Waals surface area contributed by atoms with Crippen molar-refractivity contribution in [2.24, 2.45) is 0 Å². The number of hydrogen-bond acceptors (Lipinski definition) is 5. The van der Waals surface area contributed by atoms with E-state index in [1.807, 2.05) is 26.0 Å². The van der Waals surface area contributed by atoms with Crippen LogP contribution in [0.15, 0.2) is 12.1 Å². The van der Waals surface area contributed by atoms with Crippen LogP contribution in [0, 0.1) is 13.8 Å². The van der Waals surface area contributed by atoms with Crippen molar-refractivity contribution in [3.05, 3.63) is 29.1 Å². The van der Waals surface area contributed by atoms with Crippen LogP contribution in [0.5, 0.6) is 0 Å². The number of pyridine rings is 1. The van der Waals surface area contributed by atoms with Crippen molar-refractivity contribution < 1.29 is 24.5 Å². The molecule has 0 bridgehead atoms. The van der Waals surface area contributed by atoms with Gasteiger partial charge in [0.1, 0.15) is 0 Å². The Morgan fingerprint density at radius 2 is 2.00 bits per heavy atom. The van der Waals surface area contributed by atoms with Gasteiger partial charge in [0.15, 0.2) is 0 Å². The molecule has 1 saturated heterocycles. The number of carboxylic acid groups (broad SMARTS) is 1. The maximum Gasteiger partial charge on any atom is 0.290 e. The average Bonchev–Trinajstić information content (AvgIpc) is 2.74. The van der Waals surface area contributed by atoms with Crippen LogP contribution in [0.3, 0.4) is 0 Å². The number of aliphatic hydroxyl groups is 1. The first-order chi connectivity index (χ1) is 9.96. The Morgan fingerprint density at radius 3 is 2.48 bits per heavy atom. The Morgan fingerprint density at radius 1 is 1.43 bits per heavy atom. The molecular formula is C14H20N2O5. The highest BCUT2D eigenvalue weighted by Gasteiger charge is 2.27. The van der Waals surface area contributed by atoms with Gasteiger partial charge in [-0.2, -0.15) is 0 Å². The summed E-state index contributed by atoms with van der Waals surface area (Å²) in [6.45, 7) is 4.23. The number of aromatic nitrogens is 1. The second kappa shape index (κ2) is 8.33. The number of carbonyl (C=O) groups excluding carboxylic acids is 1. The lowest BCUT2D eigenvalue weighted by atomic mass is 10.1. The van der Waals surface area contributed by atoms with E-state index < -0.39 is 6.10 Å². The fraction of sp³-hybridized carbons (Fsp3) is 0.500.